The largest absolute Gasteiger partial charge is 0.432 e. The van der Waals surface area contributed by atoms with Gasteiger partial charge in [-0.2, -0.15) is 4.98 Å². The molecular weight excluding hydrogens is 256 g/mol. The van der Waals surface area contributed by atoms with Crippen LogP contribution in [-0.4, -0.2) is 31.8 Å². The number of hydrogen-bond donors (Lipinski definition) is 1. The summed E-state index contributed by atoms with van der Waals surface area (Å²) in [5.41, 5.74) is 0.989. The van der Waals surface area contributed by atoms with Gasteiger partial charge in [-0.3, -0.25) is 0 Å². The number of anilines is 1. The molecule has 108 valence electrons. The molecule has 7 nitrogen and oxygen atoms in total. The molecule has 0 spiro atoms. The zero-order valence-electron chi connectivity index (χ0n) is 12.1. The lowest BCUT2D eigenvalue weighted by Crippen LogP contribution is -2.35. The zero-order valence-corrected chi connectivity index (χ0v) is 12.1. The zero-order chi connectivity index (χ0) is 14.2. The lowest BCUT2D eigenvalue weighted by atomic mass is 10.1. The Morgan fingerprint density at radius 1 is 1.35 bits per heavy atom. The van der Waals surface area contributed by atoms with Crippen LogP contribution in [0, 0.1) is 0 Å². The summed E-state index contributed by atoms with van der Waals surface area (Å²) in [6, 6.07) is 0.657. The van der Waals surface area contributed by atoms with Crippen molar-refractivity contribution < 1.29 is 4.42 Å². The molecule has 0 bridgehead atoms. The predicted octanol–water partition coefficient (Wildman–Crippen LogP) is 1.17. The Bertz CT molecular complexity index is 582. The molecule has 1 aliphatic rings. The van der Waals surface area contributed by atoms with Crippen molar-refractivity contribution in [3.05, 3.63) is 24.1 Å². The van der Waals surface area contributed by atoms with E-state index in [1.54, 1.807) is 12.6 Å². The van der Waals surface area contributed by atoms with Crippen molar-refractivity contribution in [3.8, 4) is 0 Å². The quantitative estimate of drug-likeness (QED) is 0.907. The predicted molar refractivity (Wildman–Crippen MR) is 74.2 cm³/mol. The molecule has 3 rings (SSSR count). The summed E-state index contributed by atoms with van der Waals surface area (Å²) in [5.74, 6) is 0.948. The number of aromatic nitrogens is 4. The fraction of sp³-hybridized carbons (Fsp3) is 0.615. The molecule has 3 heterocycles. The van der Waals surface area contributed by atoms with Crippen molar-refractivity contribution >= 4 is 6.01 Å². The Kier molecular flexibility index (Phi) is 3.21. The van der Waals surface area contributed by atoms with Crippen molar-refractivity contribution in [2.75, 3.05) is 11.4 Å². The second kappa shape index (κ2) is 4.90. The molecule has 0 fully saturated rings. The number of fused-ring (bicyclic) bond motifs is 1. The smallest absolute Gasteiger partial charge is 0.297 e. The fourth-order valence-electron chi connectivity index (χ4n) is 2.11. The average molecular weight is 276 g/mol. The first-order valence-corrected chi connectivity index (χ1v) is 6.82. The van der Waals surface area contributed by atoms with Gasteiger partial charge >= 0.3 is 0 Å². The van der Waals surface area contributed by atoms with Gasteiger partial charge in [0.1, 0.15) is 12.6 Å². The van der Waals surface area contributed by atoms with Gasteiger partial charge in [-0.1, -0.05) is 0 Å². The molecule has 0 amide bonds. The van der Waals surface area contributed by atoms with Crippen LogP contribution in [0.5, 0.6) is 0 Å². The molecule has 7 heteroatoms. The van der Waals surface area contributed by atoms with Gasteiger partial charge in [-0.15, -0.1) is 10.2 Å². The van der Waals surface area contributed by atoms with E-state index < -0.39 is 0 Å². The van der Waals surface area contributed by atoms with Gasteiger partial charge in [0.05, 0.1) is 12.2 Å². The summed E-state index contributed by atoms with van der Waals surface area (Å²) >= 11 is 0. The molecule has 1 aliphatic heterocycles. The van der Waals surface area contributed by atoms with Crippen LogP contribution in [0.1, 0.15) is 32.3 Å². The number of nitrogens with one attached hydrogen (secondary N) is 1. The molecule has 2 aromatic rings. The minimum atomic E-state index is 0.0701. The van der Waals surface area contributed by atoms with Gasteiger partial charge in [-0.25, -0.2) is 0 Å². The number of oxazole rings is 1. The van der Waals surface area contributed by atoms with Crippen molar-refractivity contribution in [3.63, 3.8) is 0 Å². The standard InChI is InChI=1S/C13H20N6O/c1-13(2,3)14-6-10-8-20-12(16-10)18-4-5-19-9-15-17-11(19)7-18/h8-9,14H,4-7H2,1-3H3. The second-order valence-electron chi connectivity index (χ2n) is 6.09. The molecule has 1 N–H and O–H groups in total. The molecule has 0 saturated carbocycles. The Morgan fingerprint density at radius 3 is 3.00 bits per heavy atom. The van der Waals surface area contributed by atoms with Crippen LogP contribution in [-0.2, 0) is 19.6 Å². The van der Waals surface area contributed by atoms with Crippen LogP contribution < -0.4 is 10.2 Å². The van der Waals surface area contributed by atoms with E-state index in [4.69, 9.17) is 4.42 Å². The Balaban J connectivity index is 1.66. The molecular formula is C13H20N6O. The third-order valence-electron chi connectivity index (χ3n) is 3.25. The molecule has 0 aromatic carbocycles. The highest BCUT2D eigenvalue weighted by Crippen LogP contribution is 2.19. The van der Waals surface area contributed by atoms with Gasteiger partial charge in [0.15, 0.2) is 5.82 Å². The summed E-state index contributed by atoms with van der Waals surface area (Å²) < 4.78 is 7.64. The van der Waals surface area contributed by atoms with E-state index in [9.17, 15) is 0 Å². The fourth-order valence-corrected chi connectivity index (χ4v) is 2.11. The van der Waals surface area contributed by atoms with Crippen molar-refractivity contribution in [2.45, 2.75) is 45.9 Å². The molecule has 0 unspecified atom stereocenters. The van der Waals surface area contributed by atoms with Gasteiger partial charge < -0.3 is 19.2 Å². The second-order valence-corrected chi connectivity index (χ2v) is 6.09. The van der Waals surface area contributed by atoms with Gasteiger partial charge in [-0.05, 0) is 20.8 Å². The molecule has 0 atom stereocenters. The maximum absolute atomic E-state index is 5.58. The van der Waals surface area contributed by atoms with Crippen LogP contribution in [0.4, 0.5) is 6.01 Å². The maximum atomic E-state index is 5.58. The van der Waals surface area contributed by atoms with E-state index in [1.807, 2.05) is 0 Å². The van der Waals surface area contributed by atoms with E-state index in [0.29, 0.717) is 19.1 Å². The number of rotatable bonds is 3. The van der Waals surface area contributed by atoms with Gasteiger partial charge in [0, 0.05) is 25.2 Å². The Hall–Kier alpha value is -1.89. The van der Waals surface area contributed by atoms with Crippen LogP contribution in [0.25, 0.3) is 0 Å². The van der Waals surface area contributed by atoms with Crippen molar-refractivity contribution in [1.82, 2.24) is 25.1 Å². The summed E-state index contributed by atoms with van der Waals surface area (Å²) in [4.78, 5) is 6.62. The number of nitrogens with zero attached hydrogens (tertiary/aromatic N) is 5. The summed E-state index contributed by atoms with van der Waals surface area (Å²) in [6.07, 6.45) is 3.48. The Labute approximate surface area is 118 Å². The molecule has 20 heavy (non-hydrogen) atoms. The topological polar surface area (TPSA) is 72.0 Å². The monoisotopic (exact) mass is 276 g/mol. The highest BCUT2D eigenvalue weighted by molar-refractivity contribution is 5.28. The van der Waals surface area contributed by atoms with E-state index in [-0.39, 0.29) is 5.54 Å². The minimum absolute atomic E-state index is 0.0701. The van der Waals surface area contributed by atoms with Crippen LogP contribution in [0.15, 0.2) is 17.0 Å². The first-order valence-electron chi connectivity index (χ1n) is 6.82. The van der Waals surface area contributed by atoms with Crippen molar-refractivity contribution in [1.29, 1.82) is 0 Å². The summed E-state index contributed by atoms with van der Waals surface area (Å²) in [5, 5.41) is 11.4. The van der Waals surface area contributed by atoms with E-state index in [1.165, 1.54) is 0 Å². The third-order valence-corrected chi connectivity index (χ3v) is 3.25. The summed E-state index contributed by atoms with van der Waals surface area (Å²) in [6.45, 7) is 9.50. The molecule has 0 radical (unpaired) electrons. The average Bonchev–Trinajstić information content (AvgIpc) is 3.03. The van der Waals surface area contributed by atoms with Crippen LogP contribution in [0.2, 0.25) is 0 Å². The SMILES string of the molecule is CC(C)(C)NCc1coc(N2CCn3cnnc3C2)n1. The van der Waals surface area contributed by atoms with E-state index in [0.717, 1.165) is 24.6 Å². The van der Waals surface area contributed by atoms with Gasteiger partial charge in [0.2, 0.25) is 0 Å². The van der Waals surface area contributed by atoms with Crippen LogP contribution >= 0.6 is 0 Å². The number of hydrogen-bond acceptors (Lipinski definition) is 6. The lowest BCUT2D eigenvalue weighted by molar-refractivity contribution is 0.420. The normalized spacial score (nSPS) is 15.4. The highest BCUT2D eigenvalue weighted by Gasteiger charge is 2.21. The molecule has 0 aliphatic carbocycles. The third kappa shape index (κ3) is 2.82. The molecule has 2 aromatic heterocycles. The maximum Gasteiger partial charge on any atom is 0.297 e. The minimum Gasteiger partial charge on any atom is -0.432 e. The highest BCUT2D eigenvalue weighted by atomic mass is 16.4. The van der Waals surface area contributed by atoms with E-state index in [2.05, 4.69) is 50.7 Å². The van der Waals surface area contributed by atoms with E-state index >= 15 is 0 Å². The van der Waals surface area contributed by atoms with Crippen molar-refractivity contribution in [2.24, 2.45) is 0 Å². The molecule has 0 saturated heterocycles. The van der Waals surface area contributed by atoms with Gasteiger partial charge in [0.25, 0.3) is 6.01 Å². The lowest BCUT2D eigenvalue weighted by Gasteiger charge is -2.25. The summed E-state index contributed by atoms with van der Waals surface area (Å²) in [7, 11) is 0. The first-order chi connectivity index (χ1) is 9.51. The van der Waals surface area contributed by atoms with Crippen LogP contribution in [0.3, 0.4) is 0 Å². The Morgan fingerprint density at radius 2 is 2.20 bits per heavy atom. The first kappa shape index (κ1) is 13.1.